The molecule has 320 valence electrons. The lowest BCUT2D eigenvalue weighted by Crippen LogP contribution is -2.61. The maximum Gasteiger partial charge on any atom is 0.326 e. The van der Waals surface area contributed by atoms with Crippen LogP contribution in [-0.2, 0) is 40.0 Å². The third-order valence-corrected chi connectivity index (χ3v) is 10.3. The van der Waals surface area contributed by atoms with E-state index < -0.39 is 102 Å². The molecule has 0 saturated carbocycles. The van der Waals surface area contributed by atoms with E-state index in [0.29, 0.717) is 37.8 Å². The molecule has 1 aliphatic rings. The van der Waals surface area contributed by atoms with Crippen LogP contribution < -0.4 is 38.1 Å². The highest BCUT2D eigenvalue weighted by Gasteiger charge is 2.40. The fourth-order valence-corrected chi connectivity index (χ4v) is 6.39. The van der Waals surface area contributed by atoms with Gasteiger partial charge in [0.2, 0.25) is 35.4 Å². The lowest BCUT2D eigenvalue weighted by molar-refractivity contribution is -0.146. The molecular weight excluding hydrogens is 740 g/mol. The van der Waals surface area contributed by atoms with Gasteiger partial charge in [-0.05, 0) is 74.1 Å². The lowest BCUT2D eigenvalue weighted by atomic mass is 9.97. The summed E-state index contributed by atoms with van der Waals surface area (Å²) in [5.74, 6) is -6.46. The average molecular weight is 805 g/mol. The number of carbonyl (C=O) groups is 7. The Labute approximate surface area is 334 Å². The zero-order valence-electron chi connectivity index (χ0n) is 34.0. The molecule has 8 atom stereocenters. The minimum absolute atomic E-state index is 0.0189. The van der Waals surface area contributed by atoms with Crippen LogP contribution in [-0.4, -0.2) is 124 Å². The van der Waals surface area contributed by atoms with Crippen molar-refractivity contribution in [3.63, 3.8) is 0 Å². The monoisotopic (exact) mass is 804 g/mol. The Morgan fingerprint density at radius 1 is 0.789 bits per heavy atom. The fraction of sp³-hybridized carbons (Fsp3) is 0.667. The molecule has 1 aromatic carbocycles. The van der Waals surface area contributed by atoms with Gasteiger partial charge < -0.3 is 58.3 Å². The summed E-state index contributed by atoms with van der Waals surface area (Å²) in [6.45, 7) is 9.99. The normalized spacial score (nSPS) is 17.7. The number of aliphatic hydroxyl groups excluding tert-OH is 1. The summed E-state index contributed by atoms with van der Waals surface area (Å²) in [7, 11) is 0. The lowest BCUT2D eigenvalue weighted by Gasteiger charge is -2.30. The maximum absolute atomic E-state index is 14.1. The predicted octanol–water partition coefficient (Wildman–Crippen LogP) is -0.759. The van der Waals surface area contributed by atoms with Crippen LogP contribution in [0, 0.1) is 17.8 Å². The second-order valence-corrected chi connectivity index (χ2v) is 15.4. The molecule has 6 amide bonds. The highest BCUT2D eigenvalue weighted by atomic mass is 16.4. The zero-order chi connectivity index (χ0) is 43.0. The van der Waals surface area contributed by atoms with Crippen molar-refractivity contribution in [2.75, 3.05) is 19.7 Å². The second-order valence-electron chi connectivity index (χ2n) is 15.4. The van der Waals surface area contributed by atoms with E-state index in [4.69, 9.17) is 11.5 Å². The molecule has 18 nitrogen and oxygen atoms in total. The molecule has 0 bridgehead atoms. The molecule has 1 aromatic rings. The third-order valence-electron chi connectivity index (χ3n) is 10.3. The van der Waals surface area contributed by atoms with Gasteiger partial charge in [0, 0.05) is 13.0 Å². The number of benzene rings is 1. The Morgan fingerprint density at radius 2 is 1.37 bits per heavy atom. The quantitative estimate of drug-likeness (QED) is 0.0611. The number of aliphatic hydroxyl groups is 1. The number of carboxylic acids is 1. The molecule has 2 rings (SSSR count). The first-order valence-electron chi connectivity index (χ1n) is 19.8. The smallest absolute Gasteiger partial charge is 0.326 e. The van der Waals surface area contributed by atoms with Crippen molar-refractivity contribution in [2.45, 2.75) is 129 Å². The van der Waals surface area contributed by atoms with Gasteiger partial charge >= 0.3 is 5.97 Å². The number of aromatic hydroxyl groups is 1. The van der Waals surface area contributed by atoms with Crippen molar-refractivity contribution in [3.8, 4) is 5.75 Å². The Kier molecular flexibility index (Phi) is 19.9. The summed E-state index contributed by atoms with van der Waals surface area (Å²) in [5.41, 5.74) is 12.4. The van der Waals surface area contributed by atoms with Gasteiger partial charge in [-0.1, -0.05) is 60.1 Å². The van der Waals surface area contributed by atoms with Crippen LogP contribution in [0.2, 0.25) is 0 Å². The Balaban J connectivity index is 2.34. The van der Waals surface area contributed by atoms with E-state index >= 15 is 0 Å². The number of likely N-dealkylation sites (tertiary alicyclic amines) is 1. The SMILES string of the molecule is CC[C@H](C)[C@H](N)C(=O)N[C@H](C(=O)N[C@@H](Cc1ccc(O)cc1)C(=O)N[C@@H](CCCCN)C(=O)N[C@@H](CO)C(=O)N1CCC[C@H]1C(=O)N[C@H](C(=O)O)C(C)C)C(C)C. The van der Waals surface area contributed by atoms with Gasteiger partial charge in [-0.2, -0.15) is 0 Å². The van der Waals surface area contributed by atoms with Crippen LogP contribution >= 0.6 is 0 Å². The van der Waals surface area contributed by atoms with Gasteiger partial charge in [0.25, 0.3) is 0 Å². The zero-order valence-corrected chi connectivity index (χ0v) is 34.0. The molecule has 1 heterocycles. The van der Waals surface area contributed by atoms with Gasteiger partial charge in [-0.25, -0.2) is 4.79 Å². The summed E-state index contributed by atoms with van der Waals surface area (Å²) in [5, 5.41) is 42.7. The summed E-state index contributed by atoms with van der Waals surface area (Å²) in [4.78, 5) is 94.3. The first-order chi connectivity index (χ1) is 26.9. The van der Waals surface area contributed by atoms with Crippen LogP contribution in [0.25, 0.3) is 0 Å². The van der Waals surface area contributed by atoms with Crippen LogP contribution in [0.3, 0.4) is 0 Å². The second kappa shape index (κ2) is 23.4. The Bertz CT molecular complexity index is 1520. The summed E-state index contributed by atoms with van der Waals surface area (Å²) in [6, 6.07) is -2.26. The van der Waals surface area contributed by atoms with E-state index in [2.05, 4.69) is 26.6 Å². The first kappa shape index (κ1) is 48.3. The molecule has 18 heteroatoms. The van der Waals surface area contributed by atoms with Gasteiger partial charge in [0.15, 0.2) is 0 Å². The van der Waals surface area contributed by atoms with Crippen LogP contribution in [0.15, 0.2) is 24.3 Å². The van der Waals surface area contributed by atoms with E-state index in [1.807, 2.05) is 13.8 Å². The number of phenols is 1. The summed E-state index contributed by atoms with van der Waals surface area (Å²) < 4.78 is 0. The number of hydrogen-bond donors (Lipinski definition) is 10. The maximum atomic E-state index is 14.1. The molecule has 0 aliphatic carbocycles. The number of aliphatic carboxylic acids is 1. The molecule has 0 unspecified atom stereocenters. The molecule has 12 N–H and O–H groups in total. The highest BCUT2D eigenvalue weighted by molar-refractivity contribution is 5.97. The van der Waals surface area contributed by atoms with Crippen molar-refractivity contribution in [2.24, 2.45) is 29.2 Å². The minimum Gasteiger partial charge on any atom is -0.508 e. The van der Waals surface area contributed by atoms with E-state index in [1.165, 1.54) is 17.0 Å². The van der Waals surface area contributed by atoms with Gasteiger partial charge in [0.05, 0.1) is 12.6 Å². The highest BCUT2D eigenvalue weighted by Crippen LogP contribution is 2.20. The van der Waals surface area contributed by atoms with Crippen molar-refractivity contribution in [3.05, 3.63) is 29.8 Å². The van der Waals surface area contributed by atoms with Crippen molar-refractivity contribution in [1.82, 2.24) is 31.5 Å². The number of carbonyl (C=O) groups excluding carboxylic acids is 6. The van der Waals surface area contributed by atoms with Crippen LogP contribution in [0.5, 0.6) is 5.75 Å². The molecule has 1 fully saturated rings. The van der Waals surface area contributed by atoms with E-state index in [-0.39, 0.29) is 37.5 Å². The number of rotatable bonds is 23. The molecule has 1 saturated heterocycles. The molecule has 0 spiro atoms. The Morgan fingerprint density at radius 3 is 1.91 bits per heavy atom. The number of unbranched alkanes of at least 4 members (excludes halogenated alkanes) is 1. The van der Waals surface area contributed by atoms with Crippen LogP contribution in [0.1, 0.15) is 85.6 Å². The average Bonchev–Trinajstić information content (AvgIpc) is 3.67. The van der Waals surface area contributed by atoms with Gasteiger partial charge in [-0.3, -0.25) is 28.8 Å². The first-order valence-corrected chi connectivity index (χ1v) is 19.8. The summed E-state index contributed by atoms with van der Waals surface area (Å²) in [6.07, 6.45) is 2.17. The third kappa shape index (κ3) is 14.6. The number of nitrogens with one attached hydrogen (secondary N) is 5. The standard InChI is InChI=1S/C39H64N8O10/c1-7-23(6)30(41)36(53)45-31(21(2)3)37(54)43-27(19-24-13-15-25(49)16-14-24)34(51)42-26(11-8-9-17-40)33(50)44-28(20-48)38(55)47-18-10-12-29(47)35(52)46-32(22(4)5)39(56)57/h13-16,21-23,26-32,48-49H,7-12,17-20,40-41H2,1-6H3,(H,42,51)(H,43,54)(H,44,50)(H,45,53)(H,46,52)(H,56,57)/t23-,26-,27-,28-,29-,30-,31-,32-/m0/s1. The van der Waals surface area contributed by atoms with Crippen molar-refractivity contribution < 1.29 is 48.9 Å². The summed E-state index contributed by atoms with van der Waals surface area (Å²) >= 11 is 0. The Hall–Kier alpha value is -4.81. The number of nitrogens with zero attached hydrogens (tertiary/aromatic N) is 1. The van der Waals surface area contributed by atoms with Crippen LogP contribution in [0.4, 0.5) is 0 Å². The molecule has 0 radical (unpaired) electrons. The van der Waals surface area contributed by atoms with Crippen molar-refractivity contribution >= 4 is 41.4 Å². The number of nitrogens with two attached hydrogens (primary N) is 2. The number of carboxylic acid groups (broad SMARTS) is 1. The topological polar surface area (TPSA) is 296 Å². The largest absolute Gasteiger partial charge is 0.508 e. The minimum atomic E-state index is -1.51. The van der Waals surface area contributed by atoms with E-state index in [9.17, 15) is 48.9 Å². The molecule has 1 aliphatic heterocycles. The fourth-order valence-electron chi connectivity index (χ4n) is 6.39. The van der Waals surface area contributed by atoms with E-state index in [1.54, 1.807) is 39.8 Å². The number of amides is 6. The predicted molar refractivity (Wildman–Crippen MR) is 211 cm³/mol. The number of phenolic OH excluding ortho intramolecular Hbond substituents is 1. The van der Waals surface area contributed by atoms with E-state index in [0.717, 1.165) is 0 Å². The van der Waals surface area contributed by atoms with Crippen molar-refractivity contribution in [1.29, 1.82) is 0 Å². The van der Waals surface area contributed by atoms with Gasteiger partial charge in [-0.15, -0.1) is 0 Å². The number of hydrogen-bond acceptors (Lipinski definition) is 11. The molecule has 0 aromatic heterocycles. The van der Waals surface area contributed by atoms with Gasteiger partial charge in [0.1, 0.15) is 42.0 Å². The molecular formula is C39H64N8O10. The molecule has 57 heavy (non-hydrogen) atoms.